The van der Waals surface area contributed by atoms with Crippen molar-refractivity contribution in [1.29, 1.82) is 0 Å². The second kappa shape index (κ2) is 4.25. The molecular formula is C10H9BrFN3O2. The van der Waals surface area contributed by atoms with E-state index >= 15 is 0 Å². The summed E-state index contributed by atoms with van der Waals surface area (Å²) in [6, 6.07) is 1.41. The smallest absolute Gasteiger partial charge is 0.198 e. The van der Waals surface area contributed by atoms with Crippen LogP contribution in [0.2, 0.25) is 0 Å². The minimum absolute atomic E-state index is 0.169. The minimum Gasteiger partial charge on any atom is -0.504 e. The fraction of sp³-hybridized carbons (Fsp3) is 0.100. The SMILES string of the molecule is COc1c(O)c(-c2cn[nH]c2N)cc(Br)c1F. The number of phenols is 1. The van der Waals surface area contributed by atoms with E-state index in [4.69, 9.17) is 10.5 Å². The largest absolute Gasteiger partial charge is 0.504 e. The fourth-order valence-electron chi connectivity index (χ4n) is 1.50. The number of nitrogens with one attached hydrogen (secondary N) is 1. The van der Waals surface area contributed by atoms with Crippen LogP contribution >= 0.6 is 15.9 Å². The highest BCUT2D eigenvalue weighted by Gasteiger charge is 2.20. The molecule has 0 bridgehead atoms. The first kappa shape index (κ1) is 11.7. The molecule has 0 atom stereocenters. The third kappa shape index (κ3) is 1.82. The number of benzene rings is 1. The maximum Gasteiger partial charge on any atom is 0.198 e. The maximum atomic E-state index is 13.6. The Morgan fingerprint density at radius 2 is 2.24 bits per heavy atom. The van der Waals surface area contributed by atoms with E-state index in [0.29, 0.717) is 11.1 Å². The van der Waals surface area contributed by atoms with Crippen molar-refractivity contribution < 1.29 is 14.2 Å². The maximum absolute atomic E-state index is 13.6. The Hall–Kier alpha value is -1.76. The van der Waals surface area contributed by atoms with Crippen molar-refractivity contribution in [2.45, 2.75) is 0 Å². The second-order valence-corrected chi connectivity index (χ2v) is 4.15. The highest BCUT2D eigenvalue weighted by atomic mass is 79.9. The van der Waals surface area contributed by atoms with Gasteiger partial charge in [0.1, 0.15) is 5.82 Å². The zero-order valence-electron chi connectivity index (χ0n) is 8.79. The molecule has 0 amide bonds. The number of aromatic hydroxyl groups is 1. The molecule has 90 valence electrons. The van der Waals surface area contributed by atoms with E-state index in [-0.39, 0.29) is 21.8 Å². The number of hydrogen-bond acceptors (Lipinski definition) is 4. The topological polar surface area (TPSA) is 84.2 Å². The number of H-pyrrole nitrogens is 1. The molecule has 2 rings (SSSR count). The number of nitrogens with two attached hydrogens (primary N) is 1. The van der Waals surface area contributed by atoms with Crippen molar-refractivity contribution in [3.8, 4) is 22.6 Å². The standard InChI is InChI=1S/C10H9BrFN3O2/c1-17-9-7(12)6(11)2-4(8(9)16)5-3-14-15-10(5)13/h2-3,16H,1H3,(H3,13,14,15). The summed E-state index contributed by atoms with van der Waals surface area (Å²) in [5, 5.41) is 16.2. The monoisotopic (exact) mass is 301 g/mol. The fourth-order valence-corrected chi connectivity index (χ4v) is 1.90. The zero-order chi connectivity index (χ0) is 12.6. The Morgan fingerprint density at radius 1 is 1.53 bits per heavy atom. The van der Waals surface area contributed by atoms with Crippen molar-refractivity contribution in [3.63, 3.8) is 0 Å². The van der Waals surface area contributed by atoms with Gasteiger partial charge in [-0.05, 0) is 22.0 Å². The Morgan fingerprint density at radius 3 is 2.76 bits per heavy atom. The molecule has 4 N–H and O–H groups in total. The average Bonchev–Trinajstić information content (AvgIpc) is 2.71. The number of ether oxygens (including phenoxy) is 1. The van der Waals surface area contributed by atoms with Crippen LogP contribution in [0.1, 0.15) is 0 Å². The highest BCUT2D eigenvalue weighted by molar-refractivity contribution is 9.10. The van der Waals surface area contributed by atoms with Gasteiger partial charge in [0.05, 0.1) is 17.8 Å². The van der Waals surface area contributed by atoms with E-state index in [1.54, 1.807) is 0 Å². The molecule has 0 aliphatic carbocycles. The average molecular weight is 302 g/mol. The van der Waals surface area contributed by atoms with Gasteiger partial charge in [-0.3, -0.25) is 5.10 Å². The van der Waals surface area contributed by atoms with E-state index in [0.717, 1.165) is 0 Å². The van der Waals surface area contributed by atoms with E-state index < -0.39 is 5.82 Å². The van der Waals surface area contributed by atoms with Gasteiger partial charge in [-0.1, -0.05) is 0 Å². The Bertz CT molecular complexity index is 571. The lowest BCUT2D eigenvalue weighted by atomic mass is 10.1. The molecular weight excluding hydrogens is 293 g/mol. The van der Waals surface area contributed by atoms with Crippen LogP contribution in [0.4, 0.5) is 10.2 Å². The number of nitrogens with zero attached hydrogens (tertiary/aromatic N) is 1. The molecule has 0 radical (unpaired) electrons. The van der Waals surface area contributed by atoms with Gasteiger partial charge in [0.2, 0.25) is 0 Å². The summed E-state index contributed by atoms with van der Waals surface area (Å²) in [7, 11) is 1.27. The van der Waals surface area contributed by atoms with E-state index in [2.05, 4.69) is 26.1 Å². The summed E-state index contributed by atoms with van der Waals surface area (Å²) in [6.07, 6.45) is 1.44. The number of anilines is 1. The van der Waals surface area contributed by atoms with Crippen LogP contribution < -0.4 is 10.5 Å². The van der Waals surface area contributed by atoms with Crippen LogP contribution in [0.25, 0.3) is 11.1 Å². The van der Waals surface area contributed by atoms with Gasteiger partial charge in [-0.2, -0.15) is 5.10 Å². The number of halogens is 2. The van der Waals surface area contributed by atoms with E-state index in [1.165, 1.54) is 19.4 Å². The lowest BCUT2D eigenvalue weighted by Crippen LogP contribution is -1.94. The van der Waals surface area contributed by atoms with Crippen LogP contribution in [0.3, 0.4) is 0 Å². The van der Waals surface area contributed by atoms with Gasteiger partial charge >= 0.3 is 0 Å². The summed E-state index contributed by atoms with van der Waals surface area (Å²) in [5.74, 6) is -0.951. The molecule has 0 saturated heterocycles. The van der Waals surface area contributed by atoms with Crippen LogP contribution in [0, 0.1) is 5.82 Å². The number of nitrogen functional groups attached to an aromatic ring is 1. The van der Waals surface area contributed by atoms with Crippen molar-refractivity contribution in [2.75, 3.05) is 12.8 Å². The molecule has 0 aliphatic heterocycles. The number of phenolic OH excluding ortho intramolecular Hbond substituents is 1. The number of rotatable bonds is 2. The molecule has 0 unspecified atom stereocenters. The first-order chi connectivity index (χ1) is 8.06. The summed E-state index contributed by atoms with van der Waals surface area (Å²) >= 11 is 3.04. The molecule has 7 heteroatoms. The Balaban J connectivity index is 2.72. The molecule has 0 aliphatic rings. The molecule has 5 nitrogen and oxygen atoms in total. The molecule has 1 heterocycles. The van der Waals surface area contributed by atoms with Crippen molar-refractivity contribution in [1.82, 2.24) is 10.2 Å². The number of aromatic nitrogens is 2. The predicted molar refractivity (Wildman–Crippen MR) is 64.3 cm³/mol. The summed E-state index contributed by atoms with van der Waals surface area (Å²) in [5.41, 5.74) is 6.45. The lowest BCUT2D eigenvalue weighted by Gasteiger charge is -2.10. The first-order valence-electron chi connectivity index (χ1n) is 4.60. The van der Waals surface area contributed by atoms with Gasteiger partial charge in [-0.15, -0.1) is 0 Å². The molecule has 1 aromatic heterocycles. The van der Waals surface area contributed by atoms with Crippen LogP contribution in [0.5, 0.6) is 11.5 Å². The molecule has 0 saturated carbocycles. The first-order valence-corrected chi connectivity index (χ1v) is 5.39. The zero-order valence-corrected chi connectivity index (χ0v) is 10.4. The van der Waals surface area contributed by atoms with Gasteiger partial charge in [0.15, 0.2) is 17.3 Å². The quantitative estimate of drug-likeness (QED) is 0.794. The Kier molecular flexibility index (Phi) is 2.93. The molecule has 2 aromatic rings. The molecule has 0 fully saturated rings. The van der Waals surface area contributed by atoms with Crippen LogP contribution in [-0.4, -0.2) is 22.4 Å². The third-order valence-electron chi connectivity index (χ3n) is 2.31. The molecule has 17 heavy (non-hydrogen) atoms. The molecule has 0 spiro atoms. The van der Waals surface area contributed by atoms with Crippen molar-refractivity contribution in [2.24, 2.45) is 0 Å². The lowest BCUT2D eigenvalue weighted by molar-refractivity contribution is 0.351. The van der Waals surface area contributed by atoms with Crippen molar-refractivity contribution >= 4 is 21.7 Å². The van der Waals surface area contributed by atoms with Gasteiger partial charge < -0.3 is 15.6 Å². The number of aromatic amines is 1. The van der Waals surface area contributed by atoms with Crippen LogP contribution in [0.15, 0.2) is 16.7 Å². The highest BCUT2D eigenvalue weighted by Crippen LogP contribution is 2.43. The Labute approximate surface area is 105 Å². The van der Waals surface area contributed by atoms with Crippen molar-refractivity contribution in [3.05, 3.63) is 22.6 Å². The van der Waals surface area contributed by atoms with Crippen LogP contribution in [-0.2, 0) is 0 Å². The van der Waals surface area contributed by atoms with Gasteiger partial charge in [-0.25, -0.2) is 4.39 Å². The van der Waals surface area contributed by atoms with Gasteiger partial charge in [0.25, 0.3) is 0 Å². The second-order valence-electron chi connectivity index (χ2n) is 3.30. The minimum atomic E-state index is -0.671. The summed E-state index contributed by atoms with van der Waals surface area (Å²) in [4.78, 5) is 0. The number of methoxy groups -OCH3 is 1. The van der Waals surface area contributed by atoms with E-state index in [9.17, 15) is 9.50 Å². The van der Waals surface area contributed by atoms with Gasteiger partial charge in [0, 0.05) is 11.1 Å². The summed E-state index contributed by atoms with van der Waals surface area (Å²) < 4.78 is 18.6. The summed E-state index contributed by atoms with van der Waals surface area (Å²) in [6.45, 7) is 0. The van der Waals surface area contributed by atoms with E-state index in [1.807, 2.05) is 0 Å². The number of hydrogen-bond donors (Lipinski definition) is 3. The normalized spacial score (nSPS) is 10.5. The predicted octanol–water partition coefficient (Wildman–Crippen LogP) is 2.27. The molecule has 1 aromatic carbocycles. The third-order valence-corrected chi connectivity index (χ3v) is 2.89.